The van der Waals surface area contributed by atoms with Crippen LogP contribution in [0, 0.1) is 17.3 Å². The Kier molecular flexibility index (Phi) is 4.09. The molecule has 0 saturated heterocycles. The van der Waals surface area contributed by atoms with Crippen LogP contribution in [0.1, 0.15) is 55.7 Å². The van der Waals surface area contributed by atoms with E-state index in [0.29, 0.717) is 11.8 Å². The molecule has 140 valence electrons. The highest BCUT2D eigenvalue weighted by Crippen LogP contribution is 2.64. The molecular weight excluding hydrogens is 354 g/mol. The lowest BCUT2D eigenvalue weighted by Crippen LogP contribution is -2.58. The van der Waals surface area contributed by atoms with Gasteiger partial charge in [-0.05, 0) is 61.5 Å². The van der Waals surface area contributed by atoms with Crippen molar-refractivity contribution in [2.24, 2.45) is 17.3 Å². The van der Waals surface area contributed by atoms with Crippen LogP contribution in [-0.2, 0) is 4.79 Å². The molecule has 0 aliphatic heterocycles. The monoisotopic (exact) mass is 379 g/mol. The molecular formula is C24H26ClNO. The van der Waals surface area contributed by atoms with E-state index in [2.05, 4.69) is 29.6 Å². The molecule has 0 radical (unpaired) electrons. The Labute approximate surface area is 166 Å². The maximum atomic E-state index is 13.6. The number of rotatable bonds is 4. The van der Waals surface area contributed by atoms with Gasteiger partial charge in [0, 0.05) is 4.87 Å². The van der Waals surface area contributed by atoms with Crippen molar-refractivity contribution in [1.82, 2.24) is 5.32 Å². The molecule has 2 atom stereocenters. The van der Waals surface area contributed by atoms with Crippen molar-refractivity contribution in [2.75, 3.05) is 0 Å². The average molecular weight is 380 g/mol. The van der Waals surface area contributed by atoms with Gasteiger partial charge in [-0.2, -0.15) is 0 Å². The molecule has 0 aromatic heterocycles. The minimum atomic E-state index is -0.270. The van der Waals surface area contributed by atoms with E-state index in [4.69, 9.17) is 11.6 Å². The SMILES string of the molecule is O=C(NC(c1ccccc1)c1ccccc1)C12CC3CC(CC(Cl)(C3)C1)C2. The number of carbonyl (C=O) groups is 1. The van der Waals surface area contributed by atoms with Gasteiger partial charge in [0.15, 0.2) is 0 Å². The van der Waals surface area contributed by atoms with E-state index < -0.39 is 0 Å². The lowest BCUT2D eigenvalue weighted by molar-refractivity contribution is -0.145. The van der Waals surface area contributed by atoms with E-state index in [1.165, 1.54) is 6.42 Å². The van der Waals surface area contributed by atoms with Crippen LogP contribution in [0.25, 0.3) is 0 Å². The molecule has 4 aliphatic carbocycles. The van der Waals surface area contributed by atoms with Crippen LogP contribution in [0.2, 0.25) is 0 Å². The van der Waals surface area contributed by atoms with Gasteiger partial charge in [-0.15, -0.1) is 11.6 Å². The van der Waals surface area contributed by atoms with Gasteiger partial charge in [-0.1, -0.05) is 60.7 Å². The summed E-state index contributed by atoms with van der Waals surface area (Å²) in [4.78, 5) is 13.5. The summed E-state index contributed by atoms with van der Waals surface area (Å²) in [5.41, 5.74) is 1.98. The predicted molar refractivity (Wildman–Crippen MR) is 109 cm³/mol. The normalized spacial score (nSPS) is 34.0. The highest BCUT2D eigenvalue weighted by molar-refractivity contribution is 6.24. The summed E-state index contributed by atoms with van der Waals surface area (Å²) in [6.07, 6.45) is 6.34. The van der Waals surface area contributed by atoms with Crippen LogP contribution >= 0.6 is 11.6 Å². The van der Waals surface area contributed by atoms with Gasteiger partial charge in [0.25, 0.3) is 0 Å². The number of carbonyl (C=O) groups excluding carboxylic acids is 1. The zero-order chi connectivity index (χ0) is 18.5. The van der Waals surface area contributed by atoms with Crippen molar-refractivity contribution in [3.05, 3.63) is 71.8 Å². The van der Waals surface area contributed by atoms with Crippen LogP contribution in [0.4, 0.5) is 0 Å². The summed E-state index contributed by atoms with van der Waals surface area (Å²) in [5, 5.41) is 3.43. The number of hydrogen-bond donors (Lipinski definition) is 1. The molecule has 0 heterocycles. The van der Waals surface area contributed by atoms with Crippen LogP contribution in [0.3, 0.4) is 0 Å². The van der Waals surface area contributed by atoms with Crippen molar-refractivity contribution in [2.45, 2.75) is 49.4 Å². The summed E-state index contributed by atoms with van der Waals surface area (Å²) in [6.45, 7) is 0. The standard InChI is InChI=1S/C24H26ClNO/c25-24-14-17-11-18(15-24)13-23(12-17,16-24)22(27)26-21(19-7-3-1-4-8-19)20-9-5-2-6-10-20/h1-10,17-18,21H,11-16H2,(H,26,27). The Balaban J connectivity index is 1.46. The smallest absolute Gasteiger partial charge is 0.227 e. The number of alkyl halides is 1. The Morgan fingerprint density at radius 2 is 1.41 bits per heavy atom. The molecule has 27 heavy (non-hydrogen) atoms. The Morgan fingerprint density at radius 3 is 1.89 bits per heavy atom. The minimum Gasteiger partial charge on any atom is -0.345 e. The average Bonchev–Trinajstić information content (AvgIpc) is 2.65. The second-order valence-electron chi connectivity index (χ2n) is 9.12. The molecule has 0 spiro atoms. The molecule has 4 aliphatic rings. The highest BCUT2D eigenvalue weighted by Gasteiger charge is 2.60. The molecule has 2 unspecified atom stereocenters. The third-order valence-corrected chi connectivity index (χ3v) is 7.45. The Morgan fingerprint density at radius 1 is 0.889 bits per heavy atom. The van der Waals surface area contributed by atoms with Gasteiger partial charge in [-0.25, -0.2) is 0 Å². The quantitative estimate of drug-likeness (QED) is 0.701. The van der Waals surface area contributed by atoms with Crippen molar-refractivity contribution in [3.8, 4) is 0 Å². The van der Waals surface area contributed by atoms with Crippen molar-refractivity contribution in [3.63, 3.8) is 0 Å². The molecule has 2 aromatic rings. The molecule has 6 rings (SSSR count). The molecule has 1 amide bonds. The molecule has 4 bridgehead atoms. The minimum absolute atomic E-state index is 0.112. The number of nitrogens with one attached hydrogen (secondary N) is 1. The van der Waals surface area contributed by atoms with E-state index in [0.717, 1.165) is 43.2 Å². The van der Waals surface area contributed by atoms with E-state index in [9.17, 15) is 4.79 Å². The van der Waals surface area contributed by atoms with Crippen LogP contribution in [-0.4, -0.2) is 10.8 Å². The number of benzene rings is 2. The molecule has 4 fully saturated rings. The van der Waals surface area contributed by atoms with Gasteiger partial charge in [0.1, 0.15) is 0 Å². The second-order valence-corrected chi connectivity index (χ2v) is 9.92. The van der Waals surface area contributed by atoms with Crippen molar-refractivity contribution >= 4 is 17.5 Å². The summed E-state index contributed by atoms with van der Waals surface area (Å²) in [7, 11) is 0. The third-order valence-electron chi connectivity index (χ3n) is 7.01. The first-order valence-electron chi connectivity index (χ1n) is 10.2. The second kappa shape index (κ2) is 6.38. The van der Waals surface area contributed by atoms with Gasteiger partial charge < -0.3 is 5.32 Å². The van der Waals surface area contributed by atoms with E-state index in [-0.39, 0.29) is 22.2 Å². The summed E-state index contributed by atoms with van der Waals surface area (Å²) in [5.74, 6) is 1.46. The Bertz CT molecular complexity index is 780. The Hall–Kier alpha value is -1.80. The number of halogens is 1. The summed E-state index contributed by atoms with van der Waals surface area (Å²) in [6, 6.07) is 20.5. The first kappa shape index (κ1) is 17.3. The zero-order valence-corrected chi connectivity index (χ0v) is 16.3. The fraction of sp³-hybridized carbons (Fsp3) is 0.458. The number of amides is 1. The maximum absolute atomic E-state index is 13.6. The molecule has 2 nitrogen and oxygen atoms in total. The first-order valence-corrected chi connectivity index (χ1v) is 10.5. The van der Waals surface area contributed by atoms with Gasteiger partial charge >= 0.3 is 0 Å². The topological polar surface area (TPSA) is 29.1 Å². The summed E-state index contributed by atoms with van der Waals surface area (Å²) < 4.78 is 0. The largest absolute Gasteiger partial charge is 0.345 e. The maximum Gasteiger partial charge on any atom is 0.227 e. The lowest BCUT2D eigenvalue weighted by atomic mass is 9.49. The molecule has 2 aromatic carbocycles. The van der Waals surface area contributed by atoms with Crippen molar-refractivity contribution in [1.29, 1.82) is 0 Å². The van der Waals surface area contributed by atoms with Gasteiger partial charge in [-0.3, -0.25) is 4.79 Å². The predicted octanol–water partition coefficient (Wildman–Crippen LogP) is 5.47. The zero-order valence-electron chi connectivity index (χ0n) is 15.5. The van der Waals surface area contributed by atoms with E-state index in [1.807, 2.05) is 36.4 Å². The fourth-order valence-electron chi connectivity index (χ4n) is 6.35. The molecule has 3 heteroatoms. The highest BCUT2D eigenvalue weighted by atomic mass is 35.5. The summed E-state index contributed by atoms with van der Waals surface area (Å²) >= 11 is 6.96. The lowest BCUT2D eigenvalue weighted by Gasteiger charge is -2.59. The van der Waals surface area contributed by atoms with Crippen molar-refractivity contribution < 1.29 is 4.79 Å². The first-order chi connectivity index (χ1) is 13.1. The van der Waals surface area contributed by atoms with Crippen LogP contribution in [0.5, 0.6) is 0 Å². The van der Waals surface area contributed by atoms with E-state index in [1.54, 1.807) is 0 Å². The third kappa shape index (κ3) is 3.08. The fourth-order valence-corrected chi connectivity index (χ4v) is 7.04. The van der Waals surface area contributed by atoms with Gasteiger partial charge in [0.2, 0.25) is 5.91 Å². The van der Waals surface area contributed by atoms with Gasteiger partial charge in [0.05, 0.1) is 11.5 Å². The molecule has 1 N–H and O–H groups in total. The van der Waals surface area contributed by atoms with Crippen LogP contribution < -0.4 is 5.32 Å². The number of hydrogen-bond acceptors (Lipinski definition) is 1. The van der Waals surface area contributed by atoms with E-state index >= 15 is 0 Å². The molecule has 4 saturated carbocycles. The van der Waals surface area contributed by atoms with Crippen LogP contribution in [0.15, 0.2) is 60.7 Å².